The number of likely N-dealkylation sites (tertiary alicyclic amines) is 2. The largest absolute Gasteiger partial charge is 0.357 e. The number of nitrogens with one attached hydrogen (secondary N) is 1. The lowest BCUT2D eigenvalue weighted by Crippen LogP contribution is -2.40. The van der Waals surface area contributed by atoms with Crippen LogP contribution >= 0.6 is 0 Å². The lowest BCUT2D eigenvalue weighted by Gasteiger charge is -2.23. The number of hydrogen-bond donors (Lipinski definition) is 1. The molecule has 0 saturated carbocycles. The van der Waals surface area contributed by atoms with Crippen LogP contribution in [0.15, 0.2) is 29.3 Å². The smallest absolute Gasteiger partial charge is 0.222 e. The number of rotatable bonds is 5. The second-order valence-electron chi connectivity index (χ2n) is 8.24. The average Bonchev–Trinajstić information content (AvgIpc) is 3.18. The van der Waals surface area contributed by atoms with Gasteiger partial charge in [-0.2, -0.15) is 0 Å². The van der Waals surface area contributed by atoms with E-state index >= 15 is 0 Å². The van der Waals surface area contributed by atoms with Gasteiger partial charge in [-0.3, -0.25) is 4.79 Å². The summed E-state index contributed by atoms with van der Waals surface area (Å²) in [6, 6.07) is 8.53. The summed E-state index contributed by atoms with van der Waals surface area (Å²) >= 11 is 0. The van der Waals surface area contributed by atoms with Gasteiger partial charge in [0.1, 0.15) is 0 Å². The van der Waals surface area contributed by atoms with Crippen LogP contribution in [0.4, 0.5) is 0 Å². The molecule has 1 amide bonds. The highest BCUT2D eigenvalue weighted by Crippen LogP contribution is 2.28. The van der Waals surface area contributed by atoms with Crippen LogP contribution < -0.4 is 5.32 Å². The van der Waals surface area contributed by atoms with Crippen LogP contribution in [0.2, 0.25) is 0 Å². The van der Waals surface area contributed by atoms with Gasteiger partial charge in [0.15, 0.2) is 5.96 Å². The zero-order valence-corrected chi connectivity index (χ0v) is 16.4. The van der Waals surface area contributed by atoms with E-state index in [1.165, 1.54) is 17.5 Å². The zero-order valence-electron chi connectivity index (χ0n) is 16.4. The van der Waals surface area contributed by atoms with Crippen molar-refractivity contribution in [3.8, 4) is 0 Å². The molecule has 142 valence electrons. The van der Waals surface area contributed by atoms with Crippen molar-refractivity contribution in [2.75, 3.05) is 26.2 Å². The third-order valence-electron chi connectivity index (χ3n) is 5.29. The van der Waals surface area contributed by atoms with E-state index in [9.17, 15) is 4.79 Å². The summed E-state index contributed by atoms with van der Waals surface area (Å²) in [7, 11) is 0. The van der Waals surface area contributed by atoms with Gasteiger partial charge in [0.2, 0.25) is 5.91 Å². The van der Waals surface area contributed by atoms with Crippen molar-refractivity contribution in [1.82, 2.24) is 15.1 Å². The topological polar surface area (TPSA) is 47.9 Å². The fourth-order valence-electron chi connectivity index (χ4n) is 3.73. The number of carbonyl (C=O) groups excluding carboxylic acids is 1. The Kier molecular flexibility index (Phi) is 5.84. The molecule has 0 unspecified atom stereocenters. The van der Waals surface area contributed by atoms with Crippen LogP contribution in [0.5, 0.6) is 0 Å². The molecule has 1 aromatic carbocycles. The van der Waals surface area contributed by atoms with E-state index in [0.717, 1.165) is 45.1 Å². The third kappa shape index (κ3) is 4.77. The monoisotopic (exact) mass is 356 g/mol. The molecular weight excluding hydrogens is 324 g/mol. The van der Waals surface area contributed by atoms with E-state index in [4.69, 9.17) is 4.99 Å². The molecule has 0 radical (unpaired) electrons. The summed E-state index contributed by atoms with van der Waals surface area (Å²) in [5, 5.41) is 3.43. The zero-order chi connectivity index (χ0) is 18.6. The number of guanidine groups is 1. The van der Waals surface area contributed by atoms with E-state index in [0.29, 0.717) is 18.4 Å². The maximum absolute atomic E-state index is 11.8. The predicted octanol–water partition coefficient (Wildman–Crippen LogP) is 3.01. The molecule has 5 heteroatoms. The first-order chi connectivity index (χ1) is 12.5. The molecule has 2 saturated heterocycles. The van der Waals surface area contributed by atoms with Crippen molar-refractivity contribution in [3.05, 3.63) is 35.4 Å². The second kappa shape index (κ2) is 8.11. The number of amides is 1. The minimum atomic E-state index is 0.280. The molecule has 0 bridgehead atoms. The molecule has 2 fully saturated rings. The Hall–Kier alpha value is -2.04. The Morgan fingerprint density at radius 1 is 1.19 bits per heavy atom. The van der Waals surface area contributed by atoms with Gasteiger partial charge in [0, 0.05) is 39.1 Å². The highest BCUT2D eigenvalue weighted by atomic mass is 16.2. The van der Waals surface area contributed by atoms with Crippen LogP contribution in [0.3, 0.4) is 0 Å². The Labute approximate surface area is 157 Å². The van der Waals surface area contributed by atoms with Crippen molar-refractivity contribution in [3.63, 3.8) is 0 Å². The van der Waals surface area contributed by atoms with Crippen LogP contribution in [-0.4, -0.2) is 47.8 Å². The van der Waals surface area contributed by atoms with E-state index in [2.05, 4.69) is 55.3 Å². The van der Waals surface area contributed by atoms with Crippen LogP contribution in [0, 0.1) is 5.41 Å². The molecule has 1 N–H and O–H groups in total. The third-order valence-corrected chi connectivity index (χ3v) is 5.29. The Morgan fingerprint density at radius 2 is 1.92 bits per heavy atom. The van der Waals surface area contributed by atoms with Gasteiger partial charge in [0.05, 0.1) is 6.54 Å². The summed E-state index contributed by atoms with van der Waals surface area (Å²) < 4.78 is 0. The average molecular weight is 357 g/mol. The maximum Gasteiger partial charge on any atom is 0.222 e. The fraction of sp³-hybridized carbons (Fsp3) is 0.619. The first-order valence-corrected chi connectivity index (χ1v) is 9.86. The number of hydrogen-bond acceptors (Lipinski definition) is 2. The van der Waals surface area contributed by atoms with Gasteiger partial charge in [-0.1, -0.05) is 38.1 Å². The minimum absolute atomic E-state index is 0.280. The number of aliphatic imine (C=N–C) groups is 1. The molecule has 0 aliphatic carbocycles. The van der Waals surface area contributed by atoms with Crippen LogP contribution in [-0.2, 0) is 17.9 Å². The molecule has 2 aliphatic rings. The van der Waals surface area contributed by atoms with E-state index in [1.807, 2.05) is 4.90 Å². The van der Waals surface area contributed by atoms with Gasteiger partial charge in [-0.05, 0) is 36.3 Å². The quantitative estimate of drug-likeness (QED) is 0.652. The number of carbonyl (C=O) groups is 1. The maximum atomic E-state index is 11.8. The molecule has 2 aliphatic heterocycles. The second-order valence-corrected chi connectivity index (χ2v) is 8.24. The molecule has 5 nitrogen and oxygen atoms in total. The first kappa shape index (κ1) is 18.7. The van der Waals surface area contributed by atoms with E-state index < -0.39 is 0 Å². The van der Waals surface area contributed by atoms with Gasteiger partial charge in [0.25, 0.3) is 0 Å². The van der Waals surface area contributed by atoms with E-state index in [1.54, 1.807) is 0 Å². The van der Waals surface area contributed by atoms with Gasteiger partial charge in [-0.15, -0.1) is 0 Å². The molecule has 0 atom stereocenters. The molecule has 1 aromatic rings. The summed E-state index contributed by atoms with van der Waals surface area (Å²) in [4.78, 5) is 20.9. The van der Waals surface area contributed by atoms with Gasteiger partial charge < -0.3 is 15.1 Å². The molecule has 0 aromatic heterocycles. The Balaban J connectivity index is 1.59. The lowest BCUT2D eigenvalue weighted by atomic mass is 9.93. The summed E-state index contributed by atoms with van der Waals surface area (Å²) in [5.74, 6) is 1.30. The Bertz CT molecular complexity index is 650. The van der Waals surface area contributed by atoms with E-state index in [-0.39, 0.29) is 5.91 Å². The van der Waals surface area contributed by atoms with Gasteiger partial charge >= 0.3 is 0 Å². The fourth-order valence-corrected chi connectivity index (χ4v) is 3.73. The molecular formula is C21H32N4O. The van der Waals surface area contributed by atoms with Gasteiger partial charge in [-0.25, -0.2) is 4.99 Å². The highest BCUT2D eigenvalue weighted by Gasteiger charge is 2.30. The van der Waals surface area contributed by atoms with Crippen molar-refractivity contribution in [2.45, 2.75) is 53.1 Å². The molecule has 0 spiro atoms. The Morgan fingerprint density at radius 3 is 2.50 bits per heavy atom. The number of benzene rings is 1. The number of nitrogens with zero attached hydrogens (tertiary/aromatic N) is 3. The van der Waals surface area contributed by atoms with Crippen LogP contribution in [0.1, 0.15) is 51.2 Å². The van der Waals surface area contributed by atoms with Crippen molar-refractivity contribution in [2.24, 2.45) is 10.4 Å². The normalized spacial score (nSPS) is 20.1. The SMILES string of the molecule is CCNC(=NCc1ccc(CN2CCCC2=O)cc1)N1CCC(C)(C)C1. The highest BCUT2D eigenvalue weighted by molar-refractivity contribution is 5.80. The summed E-state index contributed by atoms with van der Waals surface area (Å²) in [6.07, 6.45) is 2.90. The van der Waals surface area contributed by atoms with Crippen LogP contribution in [0.25, 0.3) is 0 Å². The molecule has 3 rings (SSSR count). The van der Waals surface area contributed by atoms with Crippen molar-refractivity contribution < 1.29 is 4.79 Å². The predicted molar refractivity (Wildman–Crippen MR) is 106 cm³/mol. The standard InChI is InChI=1S/C21H32N4O/c1-4-22-20(25-13-11-21(2,3)16-25)23-14-17-7-9-18(10-8-17)15-24-12-5-6-19(24)26/h7-10H,4-6,11-16H2,1-3H3,(H,22,23). The molecule has 26 heavy (non-hydrogen) atoms. The molecule has 2 heterocycles. The summed E-state index contributed by atoms with van der Waals surface area (Å²) in [5.41, 5.74) is 2.77. The van der Waals surface area contributed by atoms with Crippen molar-refractivity contribution >= 4 is 11.9 Å². The summed E-state index contributed by atoms with van der Waals surface area (Å²) in [6.45, 7) is 12.1. The first-order valence-electron chi connectivity index (χ1n) is 9.86. The minimum Gasteiger partial charge on any atom is -0.357 e. The lowest BCUT2D eigenvalue weighted by molar-refractivity contribution is -0.128. The van der Waals surface area contributed by atoms with Crippen molar-refractivity contribution in [1.29, 1.82) is 0 Å².